The van der Waals surface area contributed by atoms with Crippen LogP contribution in [0, 0.1) is 0 Å². The minimum atomic E-state index is -1.02. The number of rotatable bonds is 6. The number of hydrogen-bond acceptors (Lipinski definition) is 3. The van der Waals surface area contributed by atoms with Gasteiger partial charge in [-0.2, -0.15) is 5.10 Å². The maximum atomic E-state index is 12.3. The Bertz CT molecular complexity index is 740. The third-order valence-corrected chi connectivity index (χ3v) is 4.16. The molecule has 1 aromatic carbocycles. The van der Waals surface area contributed by atoms with Gasteiger partial charge >= 0.3 is 5.97 Å². The fourth-order valence-corrected chi connectivity index (χ4v) is 2.73. The van der Waals surface area contributed by atoms with E-state index in [-0.39, 0.29) is 12.1 Å². The van der Waals surface area contributed by atoms with Crippen molar-refractivity contribution in [3.05, 3.63) is 52.3 Å². The molecule has 0 unspecified atom stereocenters. The van der Waals surface area contributed by atoms with E-state index in [2.05, 4.69) is 15.5 Å². The highest BCUT2D eigenvalue weighted by Crippen LogP contribution is 2.39. The van der Waals surface area contributed by atoms with Crippen LogP contribution in [0.5, 0.6) is 0 Å². The lowest BCUT2D eigenvalue weighted by atomic mass is 10.0. The van der Waals surface area contributed by atoms with Crippen LogP contribution in [0.25, 0.3) is 0 Å². The van der Waals surface area contributed by atoms with Crippen molar-refractivity contribution in [2.24, 2.45) is 0 Å². The van der Waals surface area contributed by atoms with Gasteiger partial charge in [-0.25, -0.2) is 0 Å². The number of amides is 1. The minimum Gasteiger partial charge on any atom is -0.481 e. The van der Waals surface area contributed by atoms with Crippen LogP contribution >= 0.6 is 11.6 Å². The average Bonchev–Trinajstić information content (AvgIpc) is 3.24. The normalized spacial score (nSPS) is 15.2. The lowest BCUT2D eigenvalue weighted by molar-refractivity contribution is -0.137. The maximum Gasteiger partial charge on any atom is 0.305 e. The van der Waals surface area contributed by atoms with E-state index in [9.17, 15) is 9.59 Å². The van der Waals surface area contributed by atoms with Crippen LogP contribution < -0.4 is 5.32 Å². The lowest BCUT2D eigenvalue weighted by Crippen LogP contribution is -2.30. The molecule has 0 aliphatic heterocycles. The zero-order chi connectivity index (χ0) is 16.4. The summed E-state index contributed by atoms with van der Waals surface area (Å²) in [5.41, 5.74) is 1.78. The van der Waals surface area contributed by atoms with E-state index in [1.807, 2.05) is 0 Å². The Kier molecular flexibility index (Phi) is 4.34. The van der Waals surface area contributed by atoms with Crippen LogP contribution in [0.4, 0.5) is 0 Å². The molecule has 1 fully saturated rings. The summed E-state index contributed by atoms with van der Waals surface area (Å²) in [7, 11) is 0. The van der Waals surface area contributed by atoms with Gasteiger partial charge in [0.25, 0.3) is 5.91 Å². The largest absolute Gasteiger partial charge is 0.481 e. The standard InChI is InChI=1S/C16H16ClN3O3/c17-11-4-2-1-3-10(11)13(8-15(21)22)18-16(23)14-7-12(19-20-14)9-5-6-9/h1-4,7,9,13H,5-6,8H2,(H,18,23)(H,19,20)(H,21,22)/t13-/m1/s1. The number of hydrogen-bond donors (Lipinski definition) is 3. The van der Waals surface area contributed by atoms with Gasteiger partial charge in [-0.15, -0.1) is 0 Å². The molecule has 0 radical (unpaired) electrons. The van der Waals surface area contributed by atoms with E-state index in [1.165, 1.54) is 0 Å². The second kappa shape index (κ2) is 6.42. The van der Waals surface area contributed by atoms with Crippen molar-refractivity contribution in [2.75, 3.05) is 0 Å². The van der Waals surface area contributed by atoms with E-state index >= 15 is 0 Å². The molecule has 3 N–H and O–H groups in total. The van der Waals surface area contributed by atoms with Crippen LogP contribution in [0.1, 0.15) is 53.0 Å². The number of carbonyl (C=O) groups is 2. The van der Waals surface area contributed by atoms with Gasteiger partial charge in [-0.3, -0.25) is 14.7 Å². The Morgan fingerprint density at radius 3 is 2.78 bits per heavy atom. The van der Waals surface area contributed by atoms with Gasteiger partial charge < -0.3 is 10.4 Å². The summed E-state index contributed by atoms with van der Waals surface area (Å²) >= 11 is 6.12. The van der Waals surface area contributed by atoms with Crippen molar-refractivity contribution < 1.29 is 14.7 Å². The number of halogens is 1. The predicted molar refractivity (Wildman–Crippen MR) is 84.5 cm³/mol. The number of benzene rings is 1. The number of nitrogens with zero attached hydrogens (tertiary/aromatic N) is 1. The van der Waals surface area contributed by atoms with Crippen molar-refractivity contribution in [3.8, 4) is 0 Å². The molecule has 7 heteroatoms. The Balaban J connectivity index is 1.78. The lowest BCUT2D eigenvalue weighted by Gasteiger charge is -2.18. The highest BCUT2D eigenvalue weighted by molar-refractivity contribution is 6.31. The minimum absolute atomic E-state index is 0.255. The molecule has 0 spiro atoms. The van der Waals surface area contributed by atoms with E-state index in [0.29, 0.717) is 16.5 Å². The summed E-state index contributed by atoms with van der Waals surface area (Å²) in [6, 6.07) is 7.88. The topological polar surface area (TPSA) is 95.1 Å². The Morgan fingerprint density at radius 1 is 1.39 bits per heavy atom. The molecule has 6 nitrogen and oxygen atoms in total. The first kappa shape index (κ1) is 15.6. The quantitative estimate of drug-likeness (QED) is 0.757. The fraction of sp³-hybridized carbons (Fsp3) is 0.312. The van der Waals surface area contributed by atoms with Gasteiger partial charge in [-0.05, 0) is 30.5 Å². The fourth-order valence-electron chi connectivity index (χ4n) is 2.46. The van der Waals surface area contributed by atoms with Crippen LogP contribution in [-0.2, 0) is 4.79 Å². The van der Waals surface area contributed by atoms with Gasteiger partial charge in [0.05, 0.1) is 12.5 Å². The zero-order valence-electron chi connectivity index (χ0n) is 12.3. The molecule has 3 rings (SSSR count). The molecule has 0 bridgehead atoms. The summed E-state index contributed by atoms with van der Waals surface area (Å²) < 4.78 is 0. The molecular weight excluding hydrogens is 318 g/mol. The van der Waals surface area contributed by atoms with Crippen molar-refractivity contribution in [1.82, 2.24) is 15.5 Å². The third-order valence-electron chi connectivity index (χ3n) is 3.81. The summed E-state index contributed by atoms with van der Waals surface area (Å²) in [4.78, 5) is 23.4. The van der Waals surface area contributed by atoms with Crippen LogP contribution in [-0.4, -0.2) is 27.2 Å². The number of aromatic nitrogens is 2. The second-order valence-electron chi connectivity index (χ2n) is 5.63. The maximum absolute atomic E-state index is 12.3. The van der Waals surface area contributed by atoms with E-state index < -0.39 is 17.9 Å². The van der Waals surface area contributed by atoms with E-state index in [0.717, 1.165) is 18.5 Å². The SMILES string of the molecule is O=C(O)C[C@@H](NC(=O)c1cc(C2CC2)[nH]n1)c1ccccc1Cl. The molecule has 1 aliphatic carbocycles. The molecule has 23 heavy (non-hydrogen) atoms. The number of carboxylic acids is 1. The molecule has 1 aliphatic rings. The number of aliphatic carboxylic acids is 1. The number of carboxylic acid groups (broad SMARTS) is 1. The summed E-state index contributed by atoms with van der Waals surface area (Å²) in [5.74, 6) is -0.974. The first-order valence-electron chi connectivity index (χ1n) is 7.37. The van der Waals surface area contributed by atoms with Gasteiger partial charge in [0.15, 0.2) is 0 Å². The molecule has 1 amide bonds. The first-order valence-corrected chi connectivity index (χ1v) is 7.75. The average molecular weight is 334 g/mol. The number of aromatic amines is 1. The Hall–Kier alpha value is -2.34. The van der Waals surface area contributed by atoms with Crippen molar-refractivity contribution >= 4 is 23.5 Å². The Morgan fingerprint density at radius 2 is 2.13 bits per heavy atom. The van der Waals surface area contributed by atoms with Crippen molar-refractivity contribution in [3.63, 3.8) is 0 Å². The van der Waals surface area contributed by atoms with E-state index in [1.54, 1.807) is 30.3 Å². The van der Waals surface area contributed by atoms with Gasteiger partial charge in [-0.1, -0.05) is 29.8 Å². The highest BCUT2D eigenvalue weighted by atomic mass is 35.5. The monoisotopic (exact) mass is 333 g/mol. The summed E-state index contributed by atoms with van der Waals surface area (Å²) in [6.07, 6.45) is 1.95. The smallest absolute Gasteiger partial charge is 0.305 e. The number of carbonyl (C=O) groups excluding carboxylic acids is 1. The second-order valence-corrected chi connectivity index (χ2v) is 6.04. The summed E-state index contributed by atoms with van der Waals surface area (Å²) in [5, 5.41) is 19.1. The van der Waals surface area contributed by atoms with Crippen molar-refractivity contribution in [1.29, 1.82) is 0 Å². The van der Waals surface area contributed by atoms with E-state index in [4.69, 9.17) is 16.7 Å². The highest BCUT2D eigenvalue weighted by Gasteiger charge is 2.27. The Labute approximate surface area is 137 Å². The predicted octanol–water partition coefficient (Wildman–Crippen LogP) is 2.89. The summed E-state index contributed by atoms with van der Waals surface area (Å²) in [6.45, 7) is 0. The molecule has 1 heterocycles. The van der Waals surface area contributed by atoms with Crippen LogP contribution in [0.2, 0.25) is 5.02 Å². The molecule has 0 saturated heterocycles. The van der Waals surface area contributed by atoms with Crippen LogP contribution in [0.15, 0.2) is 30.3 Å². The van der Waals surface area contributed by atoms with Gasteiger partial charge in [0.2, 0.25) is 0 Å². The molecule has 2 aromatic rings. The number of H-pyrrole nitrogens is 1. The van der Waals surface area contributed by atoms with Gasteiger partial charge in [0, 0.05) is 16.6 Å². The zero-order valence-corrected chi connectivity index (χ0v) is 13.0. The molecule has 1 saturated carbocycles. The third kappa shape index (κ3) is 3.71. The molecule has 1 atom stereocenters. The first-order chi connectivity index (χ1) is 11.0. The molecule has 120 valence electrons. The van der Waals surface area contributed by atoms with Crippen LogP contribution in [0.3, 0.4) is 0 Å². The molecule has 1 aromatic heterocycles. The van der Waals surface area contributed by atoms with Gasteiger partial charge in [0.1, 0.15) is 5.69 Å². The molecular formula is C16H16ClN3O3. The van der Waals surface area contributed by atoms with Crippen molar-refractivity contribution in [2.45, 2.75) is 31.2 Å². The number of nitrogens with one attached hydrogen (secondary N) is 2.